The molecule has 1 aliphatic carbocycles. The van der Waals surface area contributed by atoms with Crippen LogP contribution in [0.25, 0.3) is 0 Å². The van der Waals surface area contributed by atoms with Crippen molar-refractivity contribution < 1.29 is 29.7 Å². The van der Waals surface area contributed by atoms with E-state index in [4.69, 9.17) is 15.3 Å². The summed E-state index contributed by atoms with van der Waals surface area (Å²) in [6.07, 6.45) is 19.5. The summed E-state index contributed by atoms with van der Waals surface area (Å²) >= 11 is 0. The molecule has 2 unspecified atom stereocenters. The molecular formula is C24H37NO6. The lowest BCUT2D eigenvalue weighted by molar-refractivity contribution is -0.140. The fraction of sp³-hybridized carbons (Fsp3) is 0.625. The molecule has 7 nitrogen and oxygen atoms in total. The first kappa shape index (κ1) is 26.5. The van der Waals surface area contributed by atoms with E-state index in [0.29, 0.717) is 12.8 Å². The predicted molar refractivity (Wildman–Crippen MR) is 119 cm³/mol. The first-order valence-corrected chi connectivity index (χ1v) is 11.3. The van der Waals surface area contributed by atoms with E-state index in [2.05, 4.69) is 5.32 Å². The predicted octanol–water partition coefficient (Wildman–Crippen LogP) is 4.96. The lowest BCUT2D eigenvalue weighted by Gasteiger charge is -2.23. The molecule has 1 fully saturated rings. The molecule has 1 saturated carbocycles. The number of rotatable bonds is 6. The van der Waals surface area contributed by atoms with E-state index in [1.54, 1.807) is 0 Å². The molecule has 0 amide bonds. The van der Waals surface area contributed by atoms with Gasteiger partial charge in [-0.1, -0.05) is 31.4 Å². The zero-order valence-electron chi connectivity index (χ0n) is 18.2. The fourth-order valence-electron chi connectivity index (χ4n) is 4.18. The van der Waals surface area contributed by atoms with Gasteiger partial charge in [-0.2, -0.15) is 0 Å². The van der Waals surface area contributed by atoms with Crippen molar-refractivity contribution >= 4 is 17.9 Å². The smallest absolute Gasteiger partial charge is 0.303 e. The molecule has 1 aliphatic heterocycles. The Bertz CT molecular complexity index is 596. The summed E-state index contributed by atoms with van der Waals surface area (Å²) in [4.78, 5) is 33.1. The summed E-state index contributed by atoms with van der Waals surface area (Å²) in [5, 5.41) is 30.1. The quantitative estimate of drug-likeness (QED) is 0.465. The maximum atomic E-state index is 11.1. The van der Waals surface area contributed by atoms with Crippen LogP contribution in [-0.4, -0.2) is 33.2 Å². The molecule has 0 aromatic carbocycles. The Morgan fingerprint density at radius 1 is 0.581 bits per heavy atom. The molecule has 0 aromatic heterocycles. The topological polar surface area (TPSA) is 124 Å². The number of allylic oxidation sites excluding steroid dienone is 4. The Morgan fingerprint density at radius 2 is 0.935 bits per heavy atom. The molecule has 0 saturated heterocycles. The van der Waals surface area contributed by atoms with Gasteiger partial charge in [0.15, 0.2) is 0 Å². The third kappa shape index (κ3) is 15.0. The van der Waals surface area contributed by atoms with E-state index in [-0.39, 0.29) is 37.0 Å². The fourth-order valence-corrected chi connectivity index (χ4v) is 4.18. The Hall–Kier alpha value is -2.57. The van der Waals surface area contributed by atoms with Crippen LogP contribution in [0.15, 0.2) is 36.7 Å². The highest BCUT2D eigenvalue weighted by Gasteiger charge is 2.22. The third-order valence-electron chi connectivity index (χ3n) is 5.80. The Balaban J connectivity index is 0.000000577. The van der Waals surface area contributed by atoms with E-state index in [9.17, 15) is 14.4 Å². The summed E-state index contributed by atoms with van der Waals surface area (Å²) in [5.41, 5.74) is 0. The van der Waals surface area contributed by atoms with Crippen molar-refractivity contribution in [2.75, 3.05) is 0 Å². The van der Waals surface area contributed by atoms with E-state index < -0.39 is 17.9 Å². The normalized spacial score (nSPS) is 24.3. The van der Waals surface area contributed by atoms with Gasteiger partial charge in [0.25, 0.3) is 0 Å². The molecule has 2 atom stereocenters. The van der Waals surface area contributed by atoms with Crippen LogP contribution in [0.5, 0.6) is 0 Å². The van der Waals surface area contributed by atoms with Gasteiger partial charge >= 0.3 is 17.9 Å². The Kier molecular flexibility index (Phi) is 13.8. The number of nitrogens with one attached hydrogen (secondary N) is 1. The van der Waals surface area contributed by atoms with Crippen LogP contribution < -0.4 is 5.32 Å². The summed E-state index contributed by atoms with van der Waals surface area (Å²) in [5.74, 6) is -2.17. The van der Waals surface area contributed by atoms with Crippen LogP contribution in [0.4, 0.5) is 0 Å². The Morgan fingerprint density at radius 3 is 1.29 bits per heavy atom. The van der Waals surface area contributed by atoms with Crippen LogP contribution in [0.1, 0.15) is 77.0 Å². The van der Waals surface area contributed by atoms with Crippen LogP contribution >= 0.6 is 0 Å². The number of aliphatic carboxylic acids is 3. The zero-order valence-corrected chi connectivity index (χ0v) is 18.2. The van der Waals surface area contributed by atoms with E-state index >= 15 is 0 Å². The van der Waals surface area contributed by atoms with Crippen molar-refractivity contribution in [3.8, 4) is 0 Å². The largest absolute Gasteiger partial charge is 0.481 e. The molecule has 1 heterocycles. The number of hydrogen-bond acceptors (Lipinski definition) is 4. The average molecular weight is 436 g/mol. The van der Waals surface area contributed by atoms with Crippen molar-refractivity contribution in [1.82, 2.24) is 5.32 Å². The van der Waals surface area contributed by atoms with E-state index in [1.165, 1.54) is 0 Å². The van der Waals surface area contributed by atoms with Gasteiger partial charge < -0.3 is 20.6 Å². The molecule has 31 heavy (non-hydrogen) atoms. The standard InChI is InChI=1S/C18H30O6.C6H7N/c19-16(20)10-13-4-2-1-3-5-14(11-17(21)22)7-9-15(8-6-13)12-18(23)24;1-2-4-6-7-5-3-1/h13-15H,1-12H2,(H,19,20)(H,21,22)(H,23,24);1-7H. The minimum atomic E-state index is -0.836. The highest BCUT2D eigenvalue weighted by Crippen LogP contribution is 2.30. The van der Waals surface area contributed by atoms with Gasteiger partial charge in [0, 0.05) is 31.7 Å². The molecule has 0 spiro atoms. The van der Waals surface area contributed by atoms with Crippen molar-refractivity contribution in [2.24, 2.45) is 17.8 Å². The summed E-state index contributed by atoms with van der Waals surface area (Å²) in [6.45, 7) is 0. The Labute approximate surface area is 184 Å². The average Bonchev–Trinajstić information content (AvgIpc) is 3.00. The number of carboxylic acids is 3. The first-order valence-electron chi connectivity index (χ1n) is 11.3. The third-order valence-corrected chi connectivity index (χ3v) is 5.80. The molecule has 0 radical (unpaired) electrons. The van der Waals surface area contributed by atoms with Crippen LogP contribution in [0, 0.1) is 17.8 Å². The number of carboxylic acid groups (broad SMARTS) is 3. The highest BCUT2D eigenvalue weighted by atomic mass is 16.4. The SMILES string of the molecule is C1=CC=CNC=C1.O=C(O)CC1CCCCCC(CC(=O)O)CCC(CC(=O)O)CC1. The van der Waals surface area contributed by atoms with Gasteiger partial charge in [0.05, 0.1) is 0 Å². The number of hydrogen-bond donors (Lipinski definition) is 4. The van der Waals surface area contributed by atoms with E-state index in [1.807, 2.05) is 36.7 Å². The second-order valence-electron chi connectivity index (χ2n) is 8.45. The molecular weight excluding hydrogens is 398 g/mol. The van der Waals surface area contributed by atoms with Crippen LogP contribution in [0.2, 0.25) is 0 Å². The minimum absolute atomic E-state index is 0.00881. The highest BCUT2D eigenvalue weighted by molar-refractivity contribution is 5.67. The monoisotopic (exact) mass is 435 g/mol. The minimum Gasteiger partial charge on any atom is -0.481 e. The summed E-state index contributed by atoms with van der Waals surface area (Å²) in [6, 6.07) is 0. The molecule has 0 aromatic rings. The summed E-state index contributed by atoms with van der Waals surface area (Å²) < 4.78 is 0. The zero-order chi connectivity index (χ0) is 22.9. The molecule has 7 heteroatoms. The van der Waals surface area contributed by atoms with Gasteiger partial charge in [-0.05, 0) is 68.4 Å². The van der Waals surface area contributed by atoms with Gasteiger partial charge in [-0.3, -0.25) is 14.4 Å². The molecule has 2 aliphatic rings. The van der Waals surface area contributed by atoms with Crippen LogP contribution in [-0.2, 0) is 14.4 Å². The van der Waals surface area contributed by atoms with Gasteiger partial charge in [-0.25, -0.2) is 0 Å². The molecule has 174 valence electrons. The second-order valence-corrected chi connectivity index (χ2v) is 8.45. The van der Waals surface area contributed by atoms with Gasteiger partial charge in [0.1, 0.15) is 0 Å². The van der Waals surface area contributed by atoms with Gasteiger partial charge in [0.2, 0.25) is 0 Å². The first-order chi connectivity index (χ1) is 14.9. The van der Waals surface area contributed by atoms with Crippen molar-refractivity contribution in [3.05, 3.63) is 36.7 Å². The maximum absolute atomic E-state index is 11.1. The second kappa shape index (κ2) is 16.2. The molecule has 4 N–H and O–H groups in total. The van der Waals surface area contributed by atoms with Crippen molar-refractivity contribution in [1.29, 1.82) is 0 Å². The number of carbonyl (C=O) groups is 3. The van der Waals surface area contributed by atoms with E-state index in [0.717, 1.165) is 44.9 Å². The molecule has 0 bridgehead atoms. The lowest BCUT2D eigenvalue weighted by atomic mass is 9.82. The van der Waals surface area contributed by atoms with Crippen molar-refractivity contribution in [3.63, 3.8) is 0 Å². The van der Waals surface area contributed by atoms with Crippen molar-refractivity contribution in [2.45, 2.75) is 77.0 Å². The van der Waals surface area contributed by atoms with Gasteiger partial charge in [-0.15, -0.1) is 0 Å². The maximum Gasteiger partial charge on any atom is 0.303 e. The molecule has 2 rings (SSSR count). The lowest BCUT2D eigenvalue weighted by Crippen LogP contribution is -2.16. The van der Waals surface area contributed by atoms with Crippen LogP contribution in [0.3, 0.4) is 0 Å². The summed E-state index contributed by atoms with van der Waals surface area (Å²) in [7, 11) is 0.